The third-order valence-corrected chi connectivity index (χ3v) is 5.40. The maximum Gasteiger partial charge on any atom is 0.341 e. The molecule has 0 radical (unpaired) electrons. The highest BCUT2D eigenvalue weighted by molar-refractivity contribution is 5.93. The number of fused-ring (bicyclic) bond motifs is 1. The van der Waals surface area contributed by atoms with Crippen molar-refractivity contribution in [2.75, 3.05) is 20.8 Å². The maximum absolute atomic E-state index is 11.9. The number of ether oxygens (including phenoxy) is 5. The molecular weight excluding hydrogens is 424 g/mol. The van der Waals surface area contributed by atoms with Crippen molar-refractivity contribution in [1.82, 2.24) is 0 Å². The van der Waals surface area contributed by atoms with Gasteiger partial charge in [0.2, 0.25) is 0 Å². The van der Waals surface area contributed by atoms with Gasteiger partial charge in [-0.1, -0.05) is 18.2 Å². The van der Waals surface area contributed by atoms with Crippen LogP contribution in [0, 0.1) is 0 Å². The van der Waals surface area contributed by atoms with E-state index in [2.05, 4.69) is 6.58 Å². The quantitative estimate of drug-likeness (QED) is 0.190. The normalized spacial score (nSPS) is 18.9. The molecule has 0 fully saturated rings. The minimum atomic E-state index is -0.660. The highest BCUT2D eigenvalue weighted by atomic mass is 16.6. The fourth-order valence-corrected chi connectivity index (χ4v) is 3.20. The second kappa shape index (κ2) is 10.6. The molecule has 0 aliphatic carbocycles. The Morgan fingerprint density at radius 3 is 2.52 bits per heavy atom. The maximum atomic E-state index is 11.9. The molecule has 0 saturated heterocycles. The molecule has 1 heterocycles. The van der Waals surface area contributed by atoms with Crippen LogP contribution in [-0.4, -0.2) is 49.2 Å². The van der Waals surface area contributed by atoms with Crippen LogP contribution in [0.4, 0.5) is 0 Å². The number of aliphatic hydroxyl groups is 1. The van der Waals surface area contributed by atoms with E-state index in [4.69, 9.17) is 23.7 Å². The summed E-state index contributed by atoms with van der Waals surface area (Å²) in [5, 5.41) is 9.42. The van der Waals surface area contributed by atoms with Crippen LogP contribution >= 0.6 is 0 Å². The van der Waals surface area contributed by atoms with Gasteiger partial charge in [-0.2, -0.15) is 0 Å². The van der Waals surface area contributed by atoms with Crippen LogP contribution in [-0.2, 0) is 19.0 Å². The molecular formula is C26H34O7. The average molecular weight is 459 g/mol. The van der Waals surface area contributed by atoms with Gasteiger partial charge in [0.1, 0.15) is 29.6 Å². The van der Waals surface area contributed by atoms with Gasteiger partial charge >= 0.3 is 5.97 Å². The van der Waals surface area contributed by atoms with E-state index in [-0.39, 0.29) is 11.7 Å². The highest BCUT2D eigenvalue weighted by Gasteiger charge is 2.39. The van der Waals surface area contributed by atoms with E-state index >= 15 is 0 Å². The number of hydrogen-bond donors (Lipinski definition) is 1. The Hall–Kier alpha value is -3.19. The first-order valence-corrected chi connectivity index (χ1v) is 10.6. The first-order chi connectivity index (χ1) is 15.5. The average Bonchev–Trinajstić information content (AvgIpc) is 2.89. The van der Waals surface area contributed by atoms with Gasteiger partial charge in [-0.15, -0.1) is 6.58 Å². The summed E-state index contributed by atoms with van der Waals surface area (Å²) in [6.07, 6.45) is 5.65. The zero-order valence-electron chi connectivity index (χ0n) is 20.4. The van der Waals surface area contributed by atoms with Crippen molar-refractivity contribution in [3.05, 3.63) is 65.7 Å². The summed E-state index contributed by atoms with van der Waals surface area (Å²) in [4.78, 5) is 11.9. The van der Waals surface area contributed by atoms with Crippen LogP contribution in [0.1, 0.15) is 40.2 Å². The van der Waals surface area contributed by atoms with Gasteiger partial charge in [0.05, 0.1) is 26.1 Å². The lowest BCUT2D eigenvalue weighted by Gasteiger charge is -2.36. The Balaban J connectivity index is 2.32. The summed E-state index contributed by atoms with van der Waals surface area (Å²) in [6.45, 7) is 13.6. The number of carbonyl (C=O) groups is 1. The van der Waals surface area contributed by atoms with Gasteiger partial charge in [-0.25, -0.2) is 4.79 Å². The third-order valence-electron chi connectivity index (χ3n) is 5.40. The molecule has 1 aromatic carbocycles. The van der Waals surface area contributed by atoms with Crippen molar-refractivity contribution in [3.63, 3.8) is 0 Å². The standard InChI is InChI=1S/C26H34O7/c1-9-25(3,4)33-23-16-31-21-13-11-18(14-22(21)32-26(23,5)6)10-12-20(29-7)17(2)19(15-27)24(28)30-8/h9-15,23,27H,1,16H2,2-8H3/b12-10+,19-15+,20-17+/t23-/m0/s1. The molecule has 1 atom stereocenters. The predicted molar refractivity (Wildman–Crippen MR) is 127 cm³/mol. The number of aliphatic hydroxyl groups excluding tert-OH is 1. The van der Waals surface area contributed by atoms with Crippen LogP contribution < -0.4 is 9.47 Å². The lowest BCUT2D eigenvalue weighted by Crippen LogP contribution is -2.49. The predicted octanol–water partition coefficient (Wildman–Crippen LogP) is 5.13. The summed E-state index contributed by atoms with van der Waals surface area (Å²) >= 11 is 0. The molecule has 0 unspecified atom stereocenters. The van der Waals surface area contributed by atoms with E-state index in [1.54, 1.807) is 19.1 Å². The van der Waals surface area contributed by atoms with Gasteiger partial charge in [0, 0.05) is 5.57 Å². The number of rotatable bonds is 8. The molecule has 7 nitrogen and oxygen atoms in total. The molecule has 0 saturated carbocycles. The van der Waals surface area contributed by atoms with E-state index in [9.17, 15) is 9.90 Å². The molecule has 0 amide bonds. The molecule has 33 heavy (non-hydrogen) atoms. The van der Waals surface area contributed by atoms with E-state index < -0.39 is 17.2 Å². The molecule has 2 rings (SSSR count). The summed E-state index contributed by atoms with van der Waals surface area (Å²) in [7, 11) is 2.73. The minimum absolute atomic E-state index is 0.00732. The SMILES string of the molecule is C=CC(C)(C)O[C@H]1COc2ccc(/C=C/C(OC)=C(C)\C(=C/O)C(=O)OC)cc2OC1(C)C. The summed E-state index contributed by atoms with van der Waals surface area (Å²) in [5.74, 6) is 0.952. The monoisotopic (exact) mass is 458 g/mol. The van der Waals surface area contributed by atoms with E-state index in [1.807, 2.05) is 52.0 Å². The van der Waals surface area contributed by atoms with Gasteiger partial charge < -0.3 is 28.8 Å². The molecule has 1 aromatic rings. The van der Waals surface area contributed by atoms with Gasteiger partial charge in [-0.3, -0.25) is 0 Å². The van der Waals surface area contributed by atoms with Crippen molar-refractivity contribution in [2.24, 2.45) is 0 Å². The molecule has 0 spiro atoms. The zero-order chi connectivity index (χ0) is 24.8. The molecule has 7 heteroatoms. The molecule has 1 aliphatic rings. The van der Waals surface area contributed by atoms with Crippen molar-refractivity contribution < 1.29 is 33.6 Å². The minimum Gasteiger partial charge on any atom is -0.515 e. The zero-order valence-corrected chi connectivity index (χ0v) is 20.4. The van der Waals surface area contributed by atoms with Crippen LogP contribution in [0.3, 0.4) is 0 Å². The number of carbonyl (C=O) groups excluding carboxylic acids is 1. The number of hydrogen-bond acceptors (Lipinski definition) is 7. The Kier molecular flexibility index (Phi) is 8.39. The van der Waals surface area contributed by atoms with Crippen molar-refractivity contribution in [1.29, 1.82) is 0 Å². The lowest BCUT2D eigenvalue weighted by atomic mass is 10.00. The summed E-state index contributed by atoms with van der Waals surface area (Å²) < 4.78 is 28.6. The fourth-order valence-electron chi connectivity index (χ4n) is 3.20. The van der Waals surface area contributed by atoms with Gasteiger partial charge in [-0.05, 0) is 58.4 Å². The largest absolute Gasteiger partial charge is 0.515 e. The van der Waals surface area contributed by atoms with Crippen LogP contribution in [0.25, 0.3) is 6.08 Å². The second-order valence-electron chi connectivity index (χ2n) is 8.70. The molecule has 1 aliphatic heterocycles. The van der Waals surface area contributed by atoms with Crippen molar-refractivity contribution >= 4 is 12.0 Å². The Labute approximate surface area is 195 Å². The number of esters is 1. The first kappa shape index (κ1) is 26.1. The fraction of sp³-hybridized carbons (Fsp3) is 0.423. The van der Waals surface area contributed by atoms with Gasteiger partial charge in [0.15, 0.2) is 11.5 Å². The highest BCUT2D eigenvalue weighted by Crippen LogP contribution is 2.37. The Morgan fingerprint density at radius 2 is 1.94 bits per heavy atom. The second-order valence-corrected chi connectivity index (χ2v) is 8.70. The number of methoxy groups -OCH3 is 2. The van der Waals surface area contributed by atoms with Crippen molar-refractivity contribution in [2.45, 2.75) is 51.9 Å². The lowest BCUT2D eigenvalue weighted by molar-refractivity contribution is -0.135. The molecule has 1 N–H and O–H groups in total. The topological polar surface area (TPSA) is 83.5 Å². The van der Waals surface area contributed by atoms with Crippen LogP contribution in [0.2, 0.25) is 0 Å². The van der Waals surface area contributed by atoms with E-state index in [1.165, 1.54) is 14.2 Å². The van der Waals surface area contributed by atoms with Crippen LogP contribution in [0.5, 0.6) is 11.5 Å². The van der Waals surface area contributed by atoms with E-state index in [0.717, 1.165) is 5.56 Å². The third kappa shape index (κ3) is 6.42. The molecule has 0 bridgehead atoms. The smallest absolute Gasteiger partial charge is 0.341 e. The Bertz CT molecular complexity index is 967. The summed E-state index contributed by atoms with van der Waals surface area (Å²) in [5.41, 5.74) is 0.0973. The molecule has 0 aromatic heterocycles. The Morgan fingerprint density at radius 1 is 1.24 bits per heavy atom. The van der Waals surface area contributed by atoms with E-state index in [0.29, 0.717) is 35.7 Å². The van der Waals surface area contributed by atoms with Gasteiger partial charge in [0.25, 0.3) is 0 Å². The summed E-state index contributed by atoms with van der Waals surface area (Å²) in [6, 6.07) is 5.58. The molecule has 180 valence electrons. The van der Waals surface area contributed by atoms with Crippen LogP contribution in [0.15, 0.2) is 60.1 Å². The van der Waals surface area contributed by atoms with Crippen molar-refractivity contribution in [3.8, 4) is 11.5 Å². The number of allylic oxidation sites excluding steroid dienone is 1. The first-order valence-electron chi connectivity index (χ1n) is 10.6. The number of benzene rings is 1.